The molecule has 7 heteroatoms. The van der Waals surface area contributed by atoms with Gasteiger partial charge in [0, 0.05) is 19.7 Å². The fourth-order valence-electron chi connectivity index (χ4n) is 2.62. The Labute approximate surface area is 122 Å². The van der Waals surface area contributed by atoms with Crippen LogP contribution in [0.2, 0.25) is 0 Å². The normalized spacial score (nSPS) is 13.1. The van der Waals surface area contributed by atoms with Crippen molar-refractivity contribution in [2.45, 2.75) is 19.3 Å². The van der Waals surface area contributed by atoms with Crippen LogP contribution in [0.1, 0.15) is 28.2 Å². The van der Waals surface area contributed by atoms with Gasteiger partial charge in [0.2, 0.25) is 5.95 Å². The Morgan fingerprint density at radius 2 is 2.05 bits per heavy atom. The second kappa shape index (κ2) is 5.16. The highest BCUT2D eigenvalue weighted by molar-refractivity contribution is 6.04. The van der Waals surface area contributed by atoms with Crippen LogP contribution in [0, 0.1) is 0 Å². The topological polar surface area (TPSA) is 73.1 Å². The van der Waals surface area contributed by atoms with Gasteiger partial charge in [-0.2, -0.15) is 5.10 Å². The number of carbonyl (C=O) groups excluding carboxylic acids is 1. The number of hydrogen-bond donors (Lipinski definition) is 0. The van der Waals surface area contributed by atoms with Crippen LogP contribution in [-0.2, 0) is 19.9 Å². The number of amides is 1. The molecule has 1 aliphatic rings. The summed E-state index contributed by atoms with van der Waals surface area (Å²) in [6.07, 6.45) is 5.99. The van der Waals surface area contributed by atoms with E-state index >= 15 is 0 Å². The molecule has 110 valence electrons. The molecule has 0 radical (unpaired) electrons. The average Bonchev–Trinajstić information content (AvgIpc) is 3.05. The Hall–Kier alpha value is -2.44. The summed E-state index contributed by atoms with van der Waals surface area (Å²) in [5, 5.41) is 4.42. The Bertz CT molecular complexity index is 677. The maximum Gasteiger partial charge on any atom is 0.278 e. The third-order valence-corrected chi connectivity index (χ3v) is 3.73. The summed E-state index contributed by atoms with van der Waals surface area (Å²) in [6.45, 7) is 0. The van der Waals surface area contributed by atoms with E-state index in [1.165, 1.54) is 4.90 Å². The van der Waals surface area contributed by atoms with Gasteiger partial charge in [-0.3, -0.25) is 14.4 Å². The van der Waals surface area contributed by atoms with E-state index in [1.807, 2.05) is 0 Å². The molecule has 2 aromatic heterocycles. The van der Waals surface area contributed by atoms with Crippen molar-refractivity contribution in [1.82, 2.24) is 19.7 Å². The van der Waals surface area contributed by atoms with Crippen LogP contribution in [0.15, 0.2) is 12.4 Å². The maximum atomic E-state index is 12.7. The zero-order valence-corrected chi connectivity index (χ0v) is 12.3. The number of hydrogen-bond acceptors (Lipinski definition) is 5. The van der Waals surface area contributed by atoms with Crippen molar-refractivity contribution in [3.63, 3.8) is 0 Å². The molecule has 7 nitrogen and oxygen atoms in total. The highest BCUT2D eigenvalue weighted by Crippen LogP contribution is 2.25. The van der Waals surface area contributed by atoms with Gasteiger partial charge in [0.05, 0.1) is 25.2 Å². The SMILES string of the molecule is COc1cnc(N(C)C(=O)c2c3c(nn2C)CCC3)nc1. The Morgan fingerprint density at radius 1 is 1.33 bits per heavy atom. The lowest BCUT2D eigenvalue weighted by Gasteiger charge is -2.16. The van der Waals surface area contributed by atoms with Gasteiger partial charge in [-0.05, 0) is 19.3 Å². The summed E-state index contributed by atoms with van der Waals surface area (Å²) >= 11 is 0. The Morgan fingerprint density at radius 3 is 2.71 bits per heavy atom. The zero-order chi connectivity index (χ0) is 15.0. The molecule has 0 unspecified atom stereocenters. The minimum Gasteiger partial charge on any atom is -0.494 e. The molecule has 0 atom stereocenters. The standard InChI is InChI=1S/C14H17N5O2/c1-18(14-15-7-9(21-3)8-16-14)13(20)12-10-5-4-6-11(10)17-19(12)2/h7-8H,4-6H2,1-3H3. The van der Waals surface area contributed by atoms with Crippen LogP contribution in [0.3, 0.4) is 0 Å². The third-order valence-electron chi connectivity index (χ3n) is 3.73. The van der Waals surface area contributed by atoms with E-state index in [-0.39, 0.29) is 5.91 Å². The van der Waals surface area contributed by atoms with Crippen LogP contribution in [0.25, 0.3) is 0 Å². The van der Waals surface area contributed by atoms with Gasteiger partial charge in [-0.1, -0.05) is 0 Å². The molecule has 0 spiro atoms. The first-order valence-electron chi connectivity index (χ1n) is 6.80. The van der Waals surface area contributed by atoms with Gasteiger partial charge < -0.3 is 4.74 Å². The summed E-state index contributed by atoms with van der Waals surface area (Å²) in [6, 6.07) is 0. The summed E-state index contributed by atoms with van der Waals surface area (Å²) in [5.74, 6) is 0.757. The molecule has 0 bridgehead atoms. The first-order valence-corrected chi connectivity index (χ1v) is 6.80. The quantitative estimate of drug-likeness (QED) is 0.841. The largest absolute Gasteiger partial charge is 0.494 e. The van der Waals surface area contributed by atoms with Gasteiger partial charge >= 0.3 is 0 Å². The number of carbonyl (C=O) groups is 1. The van der Waals surface area contributed by atoms with Crippen LogP contribution in [0.4, 0.5) is 5.95 Å². The fraction of sp³-hybridized carbons (Fsp3) is 0.429. The molecule has 0 saturated heterocycles. The molecule has 0 fully saturated rings. The number of fused-ring (bicyclic) bond motifs is 1. The van der Waals surface area contributed by atoms with Crippen LogP contribution in [0.5, 0.6) is 5.75 Å². The number of methoxy groups -OCH3 is 1. The molecule has 0 aliphatic heterocycles. The highest BCUT2D eigenvalue weighted by atomic mass is 16.5. The van der Waals surface area contributed by atoms with Gasteiger partial charge in [-0.15, -0.1) is 0 Å². The Balaban J connectivity index is 1.90. The number of anilines is 1. The van der Waals surface area contributed by atoms with Crippen molar-refractivity contribution in [1.29, 1.82) is 0 Å². The van der Waals surface area contributed by atoms with Crippen molar-refractivity contribution in [2.24, 2.45) is 7.05 Å². The first-order chi connectivity index (χ1) is 10.1. The van der Waals surface area contributed by atoms with Crippen molar-refractivity contribution in [2.75, 3.05) is 19.1 Å². The average molecular weight is 287 g/mol. The van der Waals surface area contributed by atoms with E-state index in [0.29, 0.717) is 17.4 Å². The molecule has 1 amide bonds. The maximum absolute atomic E-state index is 12.7. The van der Waals surface area contributed by atoms with E-state index in [4.69, 9.17) is 4.74 Å². The van der Waals surface area contributed by atoms with Crippen LogP contribution in [-0.4, -0.2) is 39.8 Å². The highest BCUT2D eigenvalue weighted by Gasteiger charge is 2.28. The first kappa shape index (κ1) is 13.5. The number of ether oxygens (including phenoxy) is 1. The number of aromatic nitrogens is 4. The van der Waals surface area contributed by atoms with E-state index < -0.39 is 0 Å². The monoisotopic (exact) mass is 287 g/mol. The predicted octanol–water partition coefficient (Wildman–Crippen LogP) is 0.984. The van der Waals surface area contributed by atoms with Crippen molar-refractivity contribution >= 4 is 11.9 Å². The van der Waals surface area contributed by atoms with Crippen molar-refractivity contribution < 1.29 is 9.53 Å². The van der Waals surface area contributed by atoms with Gasteiger partial charge in [0.1, 0.15) is 5.69 Å². The lowest BCUT2D eigenvalue weighted by molar-refractivity contribution is 0.0981. The molecule has 1 aliphatic carbocycles. The molecule has 21 heavy (non-hydrogen) atoms. The lowest BCUT2D eigenvalue weighted by atomic mass is 10.2. The van der Waals surface area contributed by atoms with Gasteiger partial charge in [0.15, 0.2) is 5.75 Å². The minimum atomic E-state index is -0.140. The molecule has 0 aromatic carbocycles. The van der Waals surface area contributed by atoms with Gasteiger partial charge in [0.25, 0.3) is 5.91 Å². The second-order valence-corrected chi connectivity index (χ2v) is 5.04. The number of aryl methyl sites for hydroxylation is 2. The Kier molecular flexibility index (Phi) is 3.32. The molecular formula is C14H17N5O2. The molecule has 0 N–H and O–H groups in total. The zero-order valence-electron chi connectivity index (χ0n) is 12.3. The summed E-state index contributed by atoms with van der Waals surface area (Å²) < 4.78 is 6.68. The number of nitrogens with zero attached hydrogens (tertiary/aromatic N) is 5. The smallest absolute Gasteiger partial charge is 0.278 e. The molecule has 2 heterocycles. The van der Waals surface area contributed by atoms with E-state index in [1.54, 1.807) is 38.3 Å². The molecule has 3 rings (SSSR count). The molecule has 2 aromatic rings. The molecule has 0 saturated carbocycles. The van der Waals surface area contributed by atoms with E-state index in [2.05, 4.69) is 15.1 Å². The van der Waals surface area contributed by atoms with Crippen molar-refractivity contribution in [3.8, 4) is 5.75 Å². The lowest BCUT2D eigenvalue weighted by Crippen LogP contribution is -2.30. The summed E-state index contributed by atoms with van der Waals surface area (Å²) in [5.41, 5.74) is 2.72. The second-order valence-electron chi connectivity index (χ2n) is 5.04. The van der Waals surface area contributed by atoms with E-state index in [0.717, 1.165) is 30.5 Å². The number of rotatable bonds is 3. The van der Waals surface area contributed by atoms with Crippen LogP contribution < -0.4 is 9.64 Å². The predicted molar refractivity (Wildman–Crippen MR) is 76.6 cm³/mol. The molecular weight excluding hydrogens is 270 g/mol. The summed E-state index contributed by atoms with van der Waals surface area (Å²) in [4.78, 5) is 22.4. The van der Waals surface area contributed by atoms with Gasteiger partial charge in [-0.25, -0.2) is 9.97 Å². The van der Waals surface area contributed by atoms with Crippen LogP contribution >= 0.6 is 0 Å². The third kappa shape index (κ3) is 2.24. The van der Waals surface area contributed by atoms with E-state index in [9.17, 15) is 4.79 Å². The summed E-state index contributed by atoms with van der Waals surface area (Å²) in [7, 11) is 5.01. The fourth-order valence-corrected chi connectivity index (χ4v) is 2.62. The van der Waals surface area contributed by atoms with Crippen molar-refractivity contribution in [3.05, 3.63) is 29.3 Å². The minimum absolute atomic E-state index is 0.140.